The Morgan fingerprint density at radius 1 is 1.26 bits per heavy atom. The molecule has 1 aliphatic rings. The van der Waals surface area contributed by atoms with Crippen LogP contribution in [0.3, 0.4) is 0 Å². The number of nitrogens with one attached hydrogen (secondary N) is 1. The summed E-state index contributed by atoms with van der Waals surface area (Å²) in [6.07, 6.45) is 3.36. The lowest BCUT2D eigenvalue weighted by Crippen LogP contribution is -2.37. The van der Waals surface area contributed by atoms with Crippen LogP contribution in [-0.2, 0) is 6.42 Å². The van der Waals surface area contributed by atoms with Crippen LogP contribution in [0.5, 0.6) is 0 Å². The van der Waals surface area contributed by atoms with Crippen LogP contribution in [-0.4, -0.2) is 48.8 Å². The minimum absolute atomic E-state index is 0.241. The quantitative estimate of drug-likeness (QED) is 0.733. The van der Waals surface area contributed by atoms with Crippen LogP contribution in [0.25, 0.3) is 0 Å². The number of benzene rings is 1. The summed E-state index contributed by atoms with van der Waals surface area (Å²) in [6, 6.07) is 8.49. The van der Waals surface area contributed by atoms with Crippen LogP contribution in [0.2, 0.25) is 0 Å². The molecule has 1 fully saturated rings. The monoisotopic (exact) mass is 262 g/mol. The Labute approximate surface area is 116 Å². The van der Waals surface area contributed by atoms with E-state index in [9.17, 15) is 5.11 Å². The van der Waals surface area contributed by atoms with Gasteiger partial charge in [-0.2, -0.15) is 0 Å². The van der Waals surface area contributed by atoms with Crippen LogP contribution < -0.4 is 5.32 Å². The number of aryl methyl sites for hydroxylation is 1. The third kappa shape index (κ3) is 4.94. The van der Waals surface area contributed by atoms with Gasteiger partial charge >= 0.3 is 0 Å². The summed E-state index contributed by atoms with van der Waals surface area (Å²) in [7, 11) is 0. The number of hydrogen-bond donors (Lipinski definition) is 2. The smallest absolute Gasteiger partial charge is 0.0791 e. The second kappa shape index (κ2) is 7.63. The van der Waals surface area contributed by atoms with Crippen molar-refractivity contribution in [3.63, 3.8) is 0 Å². The van der Waals surface area contributed by atoms with Gasteiger partial charge in [-0.3, -0.25) is 0 Å². The van der Waals surface area contributed by atoms with Crippen molar-refractivity contribution in [2.24, 2.45) is 0 Å². The van der Waals surface area contributed by atoms with E-state index >= 15 is 0 Å². The fraction of sp³-hybridized carbons (Fsp3) is 0.625. The third-order valence-corrected chi connectivity index (χ3v) is 3.88. The van der Waals surface area contributed by atoms with Crippen LogP contribution in [0.4, 0.5) is 0 Å². The first kappa shape index (κ1) is 14.5. The van der Waals surface area contributed by atoms with Gasteiger partial charge < -0.3 is 15.3 Å². The number of hydrogen-bond acceptors (Lipinski definition) is 3. The number of rotatable bonds is 7. The van der Waals surface area contributed by atoms with Crippen molar-refractivity contribution in [1.29, 1.82) is 0 Å². The molecular formula is C16H26N2O. The highest BCUT2D eigenvalue weighted by Crippen LogP contribution is 2.08. The molecule has 1 aromatic rings. The SMILES string of the molecule is Cc1ccccc1CCNCC(O)CN1CCCC1. The van der Waals surface area contributed by atoms with E-state index in [0.29, 0.717) is 6.54 Å². The maximum absolute atomic E-state index is 9.96. The summed E-state index contributed by atoms with van der Waals surface area (Å²) in [6.45, 7) is 6.90. The van der Waals surface area contributed by atoms with Crippen molar-refractivity contribution >= 4 is 0 Å². The van der Waals surface area contributed by atoms with Crippen molar-refractivity contribution < 1.29 is 5.11 Å². The van der Waals surface area contributed by atoms with E-state index in [1.165, 1.54) is 24.0 Å². The van der Waals surface area contributed by atoms with Crippen LogP contribution in [0, 0.1) is 6.92 Å². The van der Waals surface area contributed by atoms with Crippen molar-refractivity contribution in [2.45, 2.75) is 32.3 Å². The largest absolute Gasteiger partial charge is 0.390 e. The minimum atomic E-state index is -0.241. The summed E-state index contributed by atoms with van der Waals surface area (Å²) in [5.41, 5.74) is 2.74. The average Bonchev–Trinajstić information content (AvgIpc) is 2.89. The first-order valence-electron chi connectivity index (χ1n) is 7.41. The number of aliphatic hydroxyl groups is 1. The number of likely N-dealkylation sites (tertiary alicyclic amines) is 1. The first-order valence-corrected chi connectivity index (χ1v) is 7.41. The molecule has 0 aliphatic carbocycles. The van der Waals surface area contributed by atoms with Crippen molar-refractivity contribution in [1.82, 2.24) is 10.2 Å². The molecule has 0 radical (unpaired) electrons. The molecule has 1 saturated heterocycles. The Balaban J connectivity index is 1.59. The van der Waals surface area contributed by atoms with Gasteiger partial charge in [0.2, 0.25) is 0 Å². The molecule has 3 nitrogen and oxygen atoms in total. The Morgan fingerprint density at radius 3 is 2.74 bits per heavy atom. The highest BCUT2D eigenvalue weighted by atomic mass is 16.3. The van der Waals surface area contributed by atoms with Gasteiger partial charge in [-0.15, -0.1) is 0 Å². The maximum Gasteiger partial charge on any atom is 0.0791 e. The van der Waals surface area contributed by atoms with Gasteiger partial charge in [0, 0.05) is 13.1 Å². The van der Waals surface area contributed by atoms with E-state index in [1.807, 2.05) is 0 Å². The molecule has 19 heavy (non-hydrogen) atoms. The molecule has 3 heteroatoms. The standard InChI is InChI=1S/C16H26N2O/c1-14-6-2-3-7-15(14)8-9-17-12-16(19)13-18-10-4-5-11-18/h2-3,6-7,16-17,19H,4-5,8-13H2,1H3. The number of β-amino-alcohol motifs (C(OH)–C–C–N with tert-alkyl or cyclic N) is 1. The van der Waals surface area contributed by atoms with E-state index in [2.05, 4.69) is 41.4 Å². The van der Waals surface area contributed by atoms with Crippen LogP contribution in [0.1, 0.15) is 24.0 Å². The van der Waals surface area contributed by atoms with E-state index < -0.39 is 0 Å². The highest BCUT2D eigenvalue weighted by molar-refractivity contribution is 5.25. The summed E-state index contributed by atoms with van der Waals surface area (Å²) in [5.74, 6) is 0. The highest BCUT2D eigenvalue weighted by Gasteiger charge is 2.15. The zero-order valence-electron chi connectivity index (χ0n) is 11.9. The first-order chi connectivity index (χ1) is 9.25. The van der Waals surface area contributed by atoms with Gasteiger partial charge in [-0.25, -0.2) is 0 Å². The summed E-state index contributed by atoms with van der Waals surface area (Å²) >= 11 is 0. The Morgan fingerprint density at radius 2 is 2.00 bits per heavy atom. The van der Waals surface area contributed by atoms with E-state index in [4.69, 9.17) is 0 Å². The zero-order chi connectivity index (χ0) is 13.5. The Bertz CT molecular complexity index is 375. The van der Waals surface area contributed by atoms with Gasteiger partial charge in [0.15, 0.2) is 0 Å². The molecule has 1 atom stereocenters. The second-order valence-electron chi connectivity index (χ2n) is 5.54. The molecule has 2 rings (SSSR count). The third-order valence-electron chi connectivity index (χ3n) is 3.88. The van der Waals surface area contributed by atoms with Crippen molar-refractivity contribution in [3.8, 4) is 0 Å². The van der Waals surface area contributed by atoms with E-state index in [1.54, 1.807) is 0 Å². The van der Waals surface area contributed by atoms with Gasteiger partial charge in [0.25, 0.3) is 0 Å². The fourth-order valence-corrected chi connectivity index (χ4v) is 2.71. The molecule has 0 saturated carbocycles. The molecule has 0 aromatic heterocycles. The number of aliphatic hydroxyl groups excluding tert-OH is 1. The normalized spacial score (nSPS) is 17.8. The molecule has 1 aromatic carbocycles. The van der Waals surface area contributed by atoms with Gasteiger partial charge in [0.05, 0.1) is 6.10 Å². The molecule has 1 heterocycles. The lowest BCUT2D eigenvalue weighted by molar-refractivity contribution is 0.124. The molecule has 1 unspecified atom stereocenters. The van der Waals surface area contributed by atoms with Gasteiger partial charge in [0.1, 0.15) is 0 Å². The van der Waals surface area contributed by atoms with Gasteiger partial charge in [-0.05, 0) is 56.9 Å². The Kier molecular flexibility index (Phi) is 5.83. The Hall–Kier alpha value is -0.900. The predicted molar refractivity (Wildman–Crippen MR) is 79.4 cm³/mol. The molecule has 0 spiro atoms. The maximum atomic E-state index is 9.96. The minimum Gasteiger partial charge on any atom is -0.390 e. The topological polar surface area (TPSA) is 35.5 Å². The second-order valence-corrected chi connectivity index (χ2v) is 5.54. The van der Waals surface area contributed by atoms with Crippen molar-refractivity contribution in [3.05, 3.63) is 35.4 Å². The predicted octanol–water partition coefficient (Wildman–Crippen LogP) is 1.58. The summed E-state index contributed by atoms with van der Waals surface area (Å²) < 4.78 is 0. The number of nitrogens with zero attached hydrogens (tertiary/aromatic N) is 1. The zero-order valence-corrected chi connectivity index (χ0v) is 11.9. The summed E-state index contributed by atoms with van der Waals surface area (Å²) in [4.78, 5) is 2.35. The van der Waals surface area contributed by atoms with Crippen LogP contribution in [0.15, 0.2) is 24.3 Å². The van der Waals surface area contributed by atoms with E-state index in [0.717, 1.165) is 32.6 Å². The molecule has 0 amide bonds. The fourth-order valence-electron chi connectivity index (χ4n) is 2.71. The van der Waals surface area contributed by atoms with Crippen LogP contribution >= 0.6 is 0 Å². The van der Waals surface area contributed by atoms with Gasteiger partial charge in [-0.1, -0.05) is 24.3 Å². The summed E-state index contributed by atoms with van der Waals surface area (Å²) in [5, 5.41) is 13.3. The lowest BCUT2D eigenvalue weighted by atomic mass is 10.1. The molecule has 1 aliphatic heterocycles. The molecular weight excluding hydrogens is 236 g/mol. The molecule has 106 valence electrons. The average molecular weight is 262 g/mol. The molecule has 2 N–H and O–H groups in total. The molecule has 0 bridgehead atoms. The van der Waals surface area contributed by atoms with E-state index in [-0.39, 0.29) is 6.10 Å². The lowest BCUT2D eigenvalue weighted by Gasteiger charge is -2.19. The van der Waals surface area contributed by atoms with Crippen molar-refractivity contribution in [2.75, 3.05) is 32.7 Å².